The van der Waals surface area contributed by atoms with Crippen LogP contribution in [0.2, 0.25) is 0 Å². The highest BCUT2D eigenvalue weighted by atomic mass is 32.2. The summed E-state index contributed by atoms with van der Waals surface area (Å²) in [5.41, 5.74) is 2.98. The number of allylic oxidation sites excluding steroid dienone is 1. The van der Waals surface area contributed by atoms with E-state index in [1.54, 1.807) is 19.1 Å². The van der Waals surface area contributed by atoms with Gasteiger partial charge in [0, 0.05) is 40.8 Å². The van der Waals surface area contributed by atoms with Crippen LogP contribution in [-0.4, -0.2) is 77.7 Å². The molecule has 0 fully saturated rings. The number of esters is 1. The number of carbonyl (C=O) groups is 3. The maximum Gasteiger partial charge on any atom is 0.416 e. The number of urea groups is 1. The molecule has 2 atom stereocenters. The minimum atomic E-state index is -4.75. The molecule has 4 aromatic carbocycles. The number of alkyl halides is 6. The van der Waals surface area contributed by atoms with Crippen molar-refractivity contribution in [2.45, 2.75) is 49.0 Å². The number of nitrogens with one attached hydrogen (secondary N) is 1. The fourth-order valence-electron chi connectivity index (χ4n) is 7.46. The highest BCUT2D eigenvalue weighted by molar-refractivity contribution is 7.85. The Bertz CT molecular complexity index is 2880. The molecule has 1 aliphatic rings. The average molecular weight is 979 g/mol. The standard InChI is InChI=1S/C48H44F6N6O8S/c1-4-68-45(63)41-30(3)60(37-10-6-8-34(26-37)48(52,53)54)46(64)58(42(41)32-13-11-31(28-55)12-14-32)20-22-67-24-23-66-21-19-57-43(61)39-27-40(69(65)38-17-15-35(56)16-18-38)29(2)59(44(39)62)36-9-5-7-33(25-36)47(49,50)51/h5-18,25-27,42H,4,19-24,56H2,1-3H3,(H,57,61). The van der Waals surface area contributed by atoms with Gasteiger partial charge in [0.1, 0.15) is 5.56 Å². The summed E-state index contributed by atoms with van der Waals surface area (Å²) in [6.45, 7) is 3.61. The van der Waals surface area contributed by atoms with Crippen LogP contribution in [0.15, 0.2) is 129 Å². The van der Waals surface area contributed by atoms with E-state index in [2.05, 4.69) is 5.32 Å². The number of carbonyl (C=O) groups excluding carboxylic acids is 3. The number of nitriles is 1. The van der Waals surface area contributed by atoms with Crippen molar-refractivity contribution in [3.63, 3.8) is 0 Å². The van der Waals surface area contributed by atoms with E-state index >= 15 is 0 Å². The third-order valence-corrected chi connectivity index (χ3v) is 12.3. The lowest BCUT2D eigenvalue weighted by Gasteiger charge is -2.43. The summed E-state index contributed by atoms with van der Waals surface area (Å²) in [6.07, 6.45) is -9.49. The van der Waals surface area contributed by atoms with Gasteiger partial charge in [0.25, 0.3) is 11.5 Å². The van der Waals surface area contributed by atoms with Crippen molar-refractivity contribution >= 4 is 40.1 Å². The van der Waals surface area contributed by atoms with Crippen LogP contribution in [0.1, 0.15) is 58.2 Å². The van der Waals surface area contributed by atoms with Gasteiger partial charge in [-0.2, -0.15) is 31.6 Å². The predicted molar refractivity (Wildman–Crippen MR) is 241 cm³/mol. The number of nitrogens with zero attached hydrogens (tertiary/aromatic N) is 4. The fourth-order valence-corrected chi connectivity index (χ4v) is 8.68. The minimum absolute atomic E-state index is 0.0172. The first-order valence-electron chi connectivity index (χ1n) is 21.1. The number of rotatable bonds is 17. The topological polar surface area (TPSA) is 186 Å². The van der Waals surface area contributed by atoms with Crippen molar-refractivity contribution in [1.82, 2.24) is 14.8 Å². The highest BCUT2D eigenvalue weighted by Crippen LogP contribution is 2.41. The van der Waals surface area contributed by atoms with E-state index in [1.807, 2.05) is 6.07 Å². The first-order valence-corrected chi connectivity index (χ1v) is 22.2. The summed E-state index contributed by atoms with van der Waals surface area (Å²) < 4.78 is 114. The van der Waals surface area contributed by atoms with Crippen LogP contribution in [-0.2, 0) is 42.2 Å². The maximum absolute atomic E-state index is 14.4. The van der Waals surface area contributed by atoms with Crippen LogP contribution < -0.4 is 21.5 Å². The van der Waals surface area contributed by atoms with Gasteiger partial charge in [0.2, 0.25) is 0 Å². The Kier molecular flexibility index (Phi) is 16.1. The van der Waals surface area contributed by atoms with E-state index in [0.29, 0.717) is 16.8 Å². The van der Waals surface area contributed by atoms with Gasteiger partial charge >= 0.3 is 24.4 Å². The third-order valence-electron chi connectivity index (χ3n) is 10.8. The first-order chi connectivity index (χ1) is 32.8. The Morgan fingerprint density at radius 3 is 2.00 bits per heavy atom. The van der Waals surface area contributed by atoms with Gasteiger partial charge < -0.3 is 30.2 Å². The van der Waals surface area contributed by atoms with E-state index in [1.165, 1.54) is 67.3 Å². The summed E-state index contributed by atoms with van der Waals surface area (Å²) >= 11 is 0. The maximum atomic E-state index is 14.4. The van der Waals surface area contributed by atoms with Crippen LogP contribution >= 0.6 is 0 Å². The fraction of sp³-hybridized carbons (Fsp3) is 0.271. The molecule has 69 heavy (non-hydrogen) atoms. The van der Waals surface area contributed by atoms with Gasteiger partial charge in [-0.25, -0.2) is 13.8 Å². The molecule has 2 heterocycles. The number of hydrogen-bond donors (Lipinski definition) is 2. The lowest BCUT2D eigenvalue weighted by Crippen LogP contribution is -2.52. The van der Waals surface area contributed by atoms with Gasteiger partial charge in [-0.1, -0.05) is 24.3 Å². The zero-order valence-electron chi connectivity index (χ0n) is 37.2. The lowest BCUT2D eigenvalue weighted by atomic mass is 9.92. The van der Waals surface area contributed by atoms with Crippen molar-refractivity contribution in [3.05, 3.63) is 158 Å². The summed E-state index contributed by atoms with van der Waals surface area (Å²) in [4.78, 5) is 57.8. The number of nitrogen functional groups attached to an aromatic ring is 1. The molecule has 0 radical (unpaired) electrons. The summed E-state index contributed by atoms with van der Waals surface area (Å²) in [5, 5.41) is 11.9. The molecule has 5 aromatic rings. The van der Waals surface area contributed by atoms with Crippen molar-refractivity contribution < 1.29 is 59.1 Å². The highest BCUT2D eigenvalue weighted by Gasteiger charge is 2.43. The van der Waals surface area contributed by atoms with Gasteiger partial charge in [0.05, 0.1) is 88.8 Å². The smallest absolute Gasteiger partial charge is 0.416 e. The van der Waals surface area contributed by atoms with Crippen molar-refractivity contribution in [1.29, 1.82) is 5.26 Å². The molecule has 0 bridgehead atoms. The van der Waals surface area contributed by atoms with Crippen LogP contribution in [0, 0.1) is 18.3 Å². The van der Waals surface area contributed by atoms with Crippen LogP contribution in [0.3, 0.4) is 0 Å². The number of hydrogen-bond acceptors (Lipinski definition) is 10. The summed E-state index contributed by atoms with van der Waals surface area (Å²) in [6, 6.07) is 21.3. The molecular formula is C48H44F6N6O8S. The Balaban J connectivity index is 1.14. The summed E-state index contributed by atoms with van der Waals surface area (Å²) in [5.74, 6) is -1.75. The zero-order valence-corrected chi connectivity index (χ0v) is 38.0. The number of aromatic nitrogens is 1. The van der Waals surface area contributed by atoms with Crippen LogP contribution in [0.25, 0.3) is 5.69 Å². The monoisotopic (exact) mass is 978 g/mol. The van der Waals surface area contributed by atoms with Gasteiger partial charge in [-0.05, 0) is 105 Å². The van der Waals surface area contributed by atoms with E-state index in [4.69, 9.17) is 19.9 Å². The predicted octanol–water partition coefficient (Wildman–Crippen LogP) is 8.09. The van der Waals surface area contributed by atoms with Gasteiger partial charge in [-0.3, -0.25) is 19.1 Å². The molecule has 1 aliphatic heterocycles. The molecular weight excluding hydrogens is 935 g/mol. The van der Waals surface area contributed by atoms with Crippen molar-refractivity contribution in [3.8, 4) is 11.8 Å². The van der Waals surface area contributed by atoms with Crippen LogP contribution in [0.4, 0.5) is 42.5 Å². The molecule has 0 saturated carbocycles. The molecule has 6 rings (SSSR count). The number of anilines is 2. The number of nitrogens with two attached hydrogens (primary N) is 1. The van der Waals surface area contributed by atoms with E-state index in [0.717, 1.165) is 51.9 Å². The minimum Gasteiger partial charge on any atom is -0.463 e. The number of pyridine rings is 1. The average Bonchev–Trinajstić information content (AvgIpc) is 3.31. The molecule has 362 valence electrons. The van der Waals surface area contributed by atoms with E-state index in [9.17, 15) is 55.0 Å². The molecule has 3 amide bonds. The van der Waals surface area contributed by atoms with Gasteiger partial charge in [-0.15, -0.1) is 0 Å². The summed E-state index contributed by atoms with van der Waals surface area (Å²) in [7, 11) is -2.01. The van der Waals surface area contributed by atoms with Crippen molar-refractivity contribution in [2.24, 2.45) is 0 Å². The van der Waals surface area contributed by atoms with Crippen molar-refractivity contribution in [2.75, 3.05) is 56.8 Å². The SMILES string of the molecule is CCOC(=O)C1=C(C)N(c2cccc(C(F)(F)F)c2)C(=O)N(CCOCCOCCNC(=O)c2cc(S(=O)c3ccc(N)cc3)c(C)n(-c3cccc(C(F)(F)F)c3)c2=O)C1c1ccc(C#N)cc1. The first kappa shape index (κ1) is 51.1. The second-order valence-corrected chi connectivity index (χ2v) is 16.7. The lowest BCUT2D eigenvalue weighted by molar-refractivity contribution is -0.140. The molecule has 3 N–H and O–H groups in total. The number of halogens is 6. The molecule has 14 nitrogen and oxygen atoms in total. The Morgan fingerprint density at radius 1 is 0.812 bits per heavy atom. The van der Waals surface area contributed by atoms with Gasteiger partial charge in [0.15, 0.2) is 0 Å². The number of ether oxygens (including phenoxy) is 3. The molecule has 2 unspecified atom stereocenters. The normalized spacial score (nSPS) is 14.7. The molecule has 21 heteroatoms. The number of amides is 3. The molecule has 0 saturated heterocycles. The van der Waals surface area contributed by atoms with E-state index in [-0.39, 0.29) is 84.3 Å². The van der Waals surface area contributed by atoms with E-state index < -0.39 is 69.4 Å². The Morgan fingerprint density at radius 2 is 1.41 bits per heavy atom. The Labute approximate surface area is 393 Å². The quantitative estimate of drug-likeness (QED) is 0.0399. The zero-order chi connectivity index (χ0) is 50.2. The molecule has 1 aromatic heterocycles. The third kappa shape index (κ3) is 11.7. The second kappa shape index (κ2) is 21.8. The molecule has 0 aliphatic carbocycles. The largest absolute Gasteiger partial charge is 0.463 e. The Hall–Kier alpha value is -7.28. The molecule has 0 spiro atoms. The van der Waals surface area contributed by atoms with Crippen LogP contribution in [0.5, 0.6) is 0 Å². The number of benzene rings is 4. The second-order valence-electron chi connectivity index (χ2n) is 15.2.